The smallest absolute Gasteiger partial charge is 0.282 e. The van der Waals surface area contributed by atoms with Gasteiger partial charge in [0.2, 0.25) is 0 Å². The second kappa shape index (κ2) is 5.71. The van der Waals surface area contributed by atoms with Crippen molar-refractivity contribution in [3.8, 4) is 0 Å². The second-order valence-electron chi connectivity index (χ2n) is 3.64. The van der Waals surface area contributed by atoms with Crippen molar-refractivity contribution in [2.24, 2.45) is 5.84 Å². The molecule has 0 unspecified atom stereocenters. The molecular formula is C9H10N8O3. The number of nitrogens with two attached hydrogens (primary N) is 1. The van der Waals surface area contributed by atoms with Gasteiger partial charge in [-0.2, -0.15) is 5.21 Å². The number of aromatic amines is 1. The fraction of sp³-hybridized carbons (Fsp3) is 0.111. The zero-order valence-electron chi connectivity index (χ0n) is 10.0. The molecule has 5 N–H and O–H groups in total. The standard InChI is InChI=1S/C9H10N8O3/c10-12-5-1-2-7(17(19)20)6(3-5)9(18)11-4-8-13-15-16-14-8/h1-3,12H,4,10H2,(H,11,18)(H,13,14,15,16). The highest BCUT2D eigenvalue weighted by Gasteiger charge is 2.20. The molecule has 0 saturated heterocycles. The first-order valence-electron chi connectivity index (χ1n) is 5.37. The third-order valence-electron chi connectivity index (χ3n) is 2.40. The Bertz CT molecular complexity index is 626. The number of nitro benzene ring substituents is 1. The van der Waals surface area contributed by atoms with Crippen LogP contribution in [-0.4, -0.2) is 31.5 Å². The zero-order valence-corrected chi connectivity index (χ0v) is 10.0. The number of hydrogen-bond acceptors (Lipinski definition) is 8. The first-order chi connectivity index (χ1) is 9.61. The first kappa shape index (κ1) is 13.4. The van der Waals surface area contributed by atoms with Gasteiger partial charge in [0.1, 0.15) is 5.56 Å². The Morgan fingerprint density at radius 2 is 2.30 bits per heavy atom. The molecule has 2 rings (SSSR count). The van der Waals surface area contributed by atoms with E-state index in [1.165, 1.54) is 18.2 Å². The minimum absolute atomic E-state index is 0.00717. The minimum atomic E-state index is -0.649. The summed E-state index contributed by atoms with van der Waals surface area (Å²) in [7, 11) is 0. The van der Waals surface area contributed by atoms with Crippen LogP contribution in [0, 0.1) is 10.1 Å². The number of anilines is 1. The van der Waals surface area contributed by atoms with E-state index in [0.717, 1.165) is 0 Å². The molecule has 0 aliphatic rings. The maximum absolute atomic E-state index is 12.0. The molecule has 2 aromatic rings. The molecule has 0 aliphatic heterocycles. The summed E-state index contributed by atoms with van der Waals surface area (Å²) >= 11 is 0. The molecule has 1 heterocycles. The summed E-state index contributed by atoms with van der Waals surface area (Å²) in [5, 5.41) is 26.2. The molecule has 1 amide bonds. The van der Waals surface area contributed by atoms with Crippen molar-refractivity contribution >= 4 is 17.3 Å². The normalized spacial score (nSPS) is 10.1. The van der Waals surface area contributed by atoms with E-state index in [1.54, 1.807) is 0 Å². The van der Waals surface area contributed by atoms with E-state index in [0.29, 0.717) is 5.69 Å². The summed E-state index contributed by atoms with van der Waals surface area (Å²) in [6.07, 6.45) is 0. The number of tetrazole rings is 1. The van der Waals surface area contributed by atoms with E-state index < -0.39 is 10.8 Å². The highest BCUT2D eigenvalue weighted by atomic mass is 16.6. The molecule has 0 fully saturated rings. The Morgan fingerprint density at radius 3 is 2.90 bits per heavy atom. The largest absolute Gasteiger partial charge is 0.344 e. The van der Waals surface area contributed by atoms with Crippen LogP contribution < -0.4 is 16.6 Å². The molecule has 0 radical (unpaired) electrons. The van der Waals surface area contributed by atoms with Gasteiger partial charge in [-0.3, -0.25) is 20.8 Å². The van der Waals surface area contributed by atoms with Crippen molar-refractivity contribution in [3.05, 3.63) is 39.7 Å². The third-order valence-corrected chi connectivity index (χ3v) is 2.40. The molecule has 1 aromatic heterocycles. The van der Waals surface area contributed by atoms with Crippen molar-refractivity contribution in [3.63, 3.8) is 0 Å². The topological polar surface area (TPSA) is 165 Å². The number of H-pyrrole nitrogens is 1. The number of hydrogen-bond donors (Lipinski definition) is 4. The summed E-state index contributed by atoms with van der Waals surface area (Å²) in [6, 6.07) is 3.87. The molecule has 0 aliphatic carbocycles. The van der Waals surface area contributed by atoms with Crippen molar-refractivity contribution in [1.29, 1.82) is 0 Å². The minimum Gasteiger partial charge on any atom is -0.344 e. The molecule has 11 heteroatoms. The van der Waals surface area contributed by atoms with Crippen LogP contribution in [-0.2, 0) is 6.54 Å². The average Bonchev–Trinajstić information content (AvgIpc) is 2.97. The third kappa shape index (κ3) is 2.84. The Morgan fingerprint density at radius 1 is 1.50 bits per heavy atom. The van der Waals surface area contributed by atoms with Gasteiger partial charge in [0.25, 0.3) is 11.6 Å². The number of hydrazine groups is 1. The van der Waals surface area contributed by atoms with E-state index >= 15 is 0 Å². The Kier molecular flexibility index (Phi) is 3.81. The van der Waals surface area contributed by atoms with Crippen LogP contribution >= 0.6 is 0 Å². The number of nitro groups is 1. The second-order valence-corrected chi connectivity index (χ2v) is 3.64. The number of nitrogen functional groups attached to an aromatic ring is 1. The predicted octanol–water partition coefficient (Wildman–Crippen LogP) is -0.677. The van der Waals surface area contributed by atoms with E-state index in [2.05, 4.69) is 31.4 Å². The van der Waals surface area contributed by atoms with Crippen LogP contribution in [0.5, 0.6) is 0 Å². The van der Waals surface area contributed by atoms with E-state index in [1.807, 2.05) is 0 Å². The summed E-state index contributed by atoms with van der Waals surface area (Å²) in [4.78, 5) is 22.2. The van der Waals surface area contributed by atoms with Crippen LogP contribution in [0.4, 0.5) is 11.4 Å². The van der Waals surface area contributed by atoms with Gasteiger partial charge in [0.15, 0.2) is 5.82 Å². The SMILES string of the molecule is NNc1ccc([N+](=O)[O-])c(C(=O)NCc2nn[nH]n2)c1. The van der Waals surface area contributed by atoms with Crippen LogP contribution in [0.2, 0.25) is 0 Å². The summed E-state index contributed by atoms with van der Waals surface area (Å²) < 4.78 is 0. The molecule has 104 valence electrons. The molecule has 0 bridgehead atoms. The molecule has 0 atom stereocenters. The van der Waals surface area contributed by atoms with Gasteiger partial charge in [-0.05, 0) is 12.1 Å². The fourth-order valence-electron chi connectivity index (χ4n) is 1.48. The average molecular weight is 278 g/mol. The number of benzene rings is 1. The fourth-order valence-corrected chi connectivity index (χ4v) is 1.48. The number of rotatable bonds is 5. The van der Waals surface area contributed by atoms with Crippen LogP contribution in [0.1, 0.15) is 16.2 Å². The molecule has 1 aromatic carbocycles. The predicted molar refractivity (Wildman–Crippen MR) is 66.3 cm³/mol. The quantitative estimate of drug-likeness (QED) is 0.317. The Balaban J connectivity index is 2.20. The molecule has 0 saturated carbocycles. The van der Waals surface area contributed by atoms with Crippen molar-refractivity contribution < 1.29 is 9.72 Å². The van der Waals surface area contributed by atoms with E-state index in [9.17, 15) is 14.9 Å². The number of nitrogens with zero attached hydrogens (tertiary/aromatic N) is 4. The molecular weight excluding hydrogens is 268 g/mol. The van der Waals surface area contributed by atoms with Gasteiger partial charge in [-0.25, -0.2) is 0 Å². The van der Waals surface area contributed by atoms with Gasteiger partial charge < -0.3 is 10.7 Å². The van der Waals surface area contributed by atoms with E-state index in [-0.39, 0.29) is 23.6 Å². The van der Waals surface area contributed by atoms with Gasteiger partial charge >= 0.3 is 0 Å². The lowest BCUT2D eigenvalue weighted by Crippen LogP contribution is -2.24. The lowest BCUT2D eigenvalue weighted by molar-refractivity contribution is -0.385. The van der Waals surface area contributed by atoms with E-state index in [4.69, 9.17) is 5.84 Å². The first-order valence-corrected chi connectivity index (χ1v) is 5.37. The summed E-state index contributed by atoms with van der Waals surface area (Å²) in [5.41, 5.74) is 2.25. The number of carbonyl (C=O) groups excluding carboxylic acids is 1. The summed E-state index contributed by atoms with van der Waals surface area (Å²) in [6.45, 7) is -0.00717. The van der Waals surface area contributed by atoms with Gasteiger partial charge in [0, 0.05) is 11.8 Å². The zero-order chi connectivity index (χ0) is 14.5. The van der Waals surface area contributed by atoms with Crippen LogP contribution in [0.15, 0.2) is 18.2 Å². The van der Waals surface area contributed by atoms with Crippen molar-refractivity contribution in [2.45, 2.75) is 6.54 Å². The number of nitrogens with one attached hydrogen (secondary N) is 3. The highest BCUT2D eigenvalue weighted by molar-refractivity contribution is 5.99. The van der Waals surface area contributed by atoms with Crippen LogP contribution in [0.3, 0.4) is 0 Å². The van der Waals surface area contributed by atoms with Crippen molar-refractivity contribution in [2.75, 3.05) is 5.43 Å². The lowest BCUT2D eigenvalue weighted by Gasteiger charge is -2.06. The number of carbonyl (C=O) groups is 1. The Labute approximate surface area is 111 Å². The van der Waals surface area contributed by atoms with Crippen LogP contribution in [0.25, 0.3) is 0 Å². The molecule has 20 heavy (non-hydrogen) atoms. The molecule has 0 spiro atoms. The number of amides is 1. The van der Waals surface area contributed by atoms with Crippen molar-refractivity contribution in [1.82, 2.24) is 25.9 Å². The number of aromatic nitrogens is 4. The maximum Gasteiger partial charge on any atom is 0.282 e. The monoisotopic (exact) mass is 278 g/mol. The van der Waals surface area contributed by atoms with Gasteiger partial charge in [-0.15, -0.1) is 10.2 Å². The van der Waals surface area contributed by atoms with Gasteiger partial charge in [0.05, 0.1) is 11.5 Å². The maximum atomic E-state index is 12.0. The van der Waals surface area contributed by atoms with Gasteiger partial charge in [-0.1, -0.05) is 5.21 Å². The lowest BCUT2D eigenvalue weighted by atomic mass is 10.1. The Hall–Kier alpha value is -3.08. The highest BCUT2D eigenvalue weighted by Crippen LogP contribution is 2.22. The summed E-state index contributed by atoms with van der Waals surface area (Å²) in [5.74, 6) is 4.83. The molecule has 11 nitrogen and oxygen atoms in total.